The summed E-state index contributed by atoms with van der Waals surface area (Å²) >= 11 is 5.85. The standard InChI is InChI=1S/C19H17ClN4O3/c1-26-16-8-7-14(11-17(16)27-2)23-19-21-10-9-15(24-19)18(25)22-13-5-3-12(20)4-6-13/h3-11H,1-2H3,(H,22,25)(H,21,23,24). The minimum atomic E-state index is -0.352. The average Bonchev–Trinajstić information content (AvgIpc) is 2.69. The Morgan fingerprint density at radius 2 is 1.67 bits per heavy atom. The molecule has 138 valence electrons. The molecular formula is C19H17ClN4O3. The van der Waals surface area contributed by atoms with Crippen molar-refractivity contribution in [1.29, 1.82) is 0 Å². The van der Waals surface area contributed by atoms with Crippen LogP contribution in [0.25, 0.3) is 0 Å². The zero-order valence-electron chi connectivity index (χ0n) is 14.7. The Morgan fingerprint density at radius 1 is 0.963 bits per heavy atom. The number of carbonyl (C=O) groups excluding carboxylic acids is 1. The fourth-order valence-electron chi connectivity index (χ4n) is 2.32. The Bertz CT molecular complexity index is 948. The number of hydrogen-bond donors (Lipinski definition) is 2. The van der Waals surface area contributed by atoms with E-state index in [4.69, 9.17) is 21.1 Å². The molecule has 1 amide bonds. The van der Waals surface area contributed by atoms with E-state index < -0.39 is 0 Å². The van der Waals surface area contributed by atoms with Crippen LogP contribution >= 0.6 is 11.6 Å². The van der Waals surface area contributed by atoms with Crippen molar-refractivity contribution < 1.29 is 14.3 Å². The van der Waals surface area contributed by atoms with Crippen molar-refractivity contribution in [3.63, 3.8) is 0 Å². The highest BCUT2D eigenvalue weighted by molar-refractivity contribution is 6.30. The molecule has 0 radical (unpaired) electrons. The van der Waals surface area contributed by atoms with Gasteiger partial charge >= 0.3 is 0 Å². The molecule has 0 saturated carbocycles. The molecule has 0 aliphatic rings. The van der Waals surface area contributed by atoms with E-state index >= 15 is 0 Å². The molecule has 0 spiro atoms. The predicted octanol–water partition coefficient (Wildman–Crippen LogP) is 4.14. The highest BCUT2D eigenvalue weighted by atomic mass is 35.5. The van der Waals surface area contributed by atoms with Gasteiger partial charge in [0.05, 0.1) is 14.2 Å². The van der Waals surface area contributed by atoms with E-state index in [1.54, 1.807) is 56.7 Å². The van der Waals surface area contributed by atoms with Gasteiger partial charge in [-0.15, -0.1) is 0 Å². The van der Waals surface area contributed by atoms with E-state index in [0.29, 0.717) is 27.9 Å². The van der Waals surface area contributed by atoms with Crippen molar-refractivity contribution >= 4 is 34.8 Å². The van der Waals surface area contributed by atoms with Crippen molar-refractivity contribution in [2.24, 2.45) is 0 Å². The summed E-state index contributed by atoms with van der Waals surface area (Å²) in [4.78, 5) is 20.8. The van der Waals surface area contributed by atoms with Crippen molar-refractivity contribution in [3.8, 4) is 11.5 Å². The number of ether oxygens (including phenoxy) is 2. The Balaban J connectivity index is 1.75. The number of aromatic nitrogens is 2. The summed E-state index contributed by atoms with van der Waals surface area (Å²) in [7, 11) is 3.12. The maximum atomic E-state index is 12.4. The Morgan fingerprint density at radius 3 is 2.37 bits per heavy atom. The first kappa shape index (κ1) is 18.5. The number of halogens is 1. The van der Waals surface area contributed by atoms with Gasteiger partial charge in [-0.1, -0.05) is 11.6 Å². The van der Waals surface area contributed by atoms with E-state index in [-0.39, 0.29) is 17.5 Å². The van der Waals surface area contributed by atoms with E-state index in [0.717, 1.165) is 0 Å². The van der Waals surface area contributed by atoms with Crippen LogP contribution in [-0.4, -0.2) is 30.1 Å². The van der Waals surface area contributed by atoms with Crippen molar-refractivity contribution in [2.75, 3.05) is 24.9 Å². The number of benzene rings is 2. The van der Waals surface area contributed by atoms with Crippen LogP contribution in [0.2, 0.25) is 5.02 Å². The third kappa shape index (κ3) is 4.65. The molecule has 0 aliphatic carbocycles. The molecule has 7 nitrogen and oxygen atoms in total. The summed E-state index contributed by atoms with van der Waals surface area (Å²) < 4.78 is 10.5. The molecule has 0 unspecified atom stereocenters. The SMILES string of the molecule is COc1ccc(Nc2nccc(C(=O)Nc3ccc(Cl)cc3)n2)cc1OC. The zero-order chi connectivity index (χ0) is 19.2. The second-order valence-corrected chi connectivity index (χ2v) is 5.86. The minimum absolute atomic E-state index is 0.225. The van der Waals surface area contributed by atoms with Gasteiger partial charge < -0.3 is 20.1 Å². The summed E-state index contributed by atoms with van der Waals surface area (Å²) in [6.07, 6.45) is 1.51. The average molecular weight is 385 g/mol. The van der Waals surface area contributed by atoms with E-state index in [9.17, 15) is 4.79 Å². The number of hydrogen-bond acceptors (Lipinski definition) is 6. The van der Waals surface area contributed by atoms with Gasteiger partial charge in [-0.2, -0.15) is 0 Å². The minimum Gasteiger partial charge on any atom is -0.493 e. The fraction of sp³-hybridized carbons (Fsp3) is 0.105. The fourth-order valence-corrected chi connectivity index (χ4v) is 2.44. The molecule has 2 aromatic carbocycles. The topological polar surface area (TPSA) is 85.4 Å². The van der Waals surface area contributed by atoms with Gasteiger partial charge in [0, 0.05) is 28.7 Å². The van der Waals surface area contributed by atoms with Gasteiger partial charge in [0.15, 0.2) is 11.5 Å². The first-order valence-electron chi connectivity index (χ1n) is 7.98. The van der Waals surface area contributed by atoms with Gasteiger partial charge in [0.1, 0.15) is 5.69 Å². The van der Waals surface area contributed by atoms with Gasteiger partial charge in [-0.25, -0.2) is 9.97 Å². The molecule has 0 fully saturated rings. The molecule has 0 atom stereocenters. The van der Waals surface area contributed by atoms with Crippen LogP contribution in [0.4, 0.5) is 17.3 Å². The Labute approximate surface area is 161 Å². The van der Waals surface area contributed by atoms with Crippen molar-refractivity contribution in [1.82, 2.24) is 9.97 Å². The smallest absolute Gasteiger partial charge is 0.274 e. The Hall–Kier alpha value is -3.32. The number of rotatable bonds is 6. The highest BCUT2D eigenvalue weighted by Gasteiger charge is 2.11. The molecule has 0 aliphatic heterocycles. The monoisotopic (exact) mass is 384 g/mol. The second-order valence-electron chi connectivity index (χ2n) is 5.42. The van der Waals surface area contributed by atoms with E-state index in [1.165, 1.54) is 12.3 Å². The van der Waals surface area contributed by atoms with Gasteiger partial charge in [-0.05, 0) is 42.5 Å². The van der Waals surface area contributed by atoms with Crippen LogP contribution in [0.3, 0.4) is 0 Å². The zero-order valence-corrected chi connectivity index (χ0v) is 15.4. The molecule has 2 N–H and O–H groups in total. The van der Waals surface area contributed by atoms with Gasteiger partial charge in [0.2, 0.25) is 5.95 Å². The quantitative estimate of drug-likeness (QED) is 0.664. The molecule has 1 aromatic heterocycles. The normalized spacial score (nSPS) is 10.2. The highest BCUT2D eigenvalue weighted by Crippen LogP contribution is 2.30. The number of nitrogens with zero attached hydrogens (tertiary/aromatic N) is 2. The lowest BCUT2D eigenvalue weighted by Gasteiger charge is -2.11. The largest absolute Gasteiger partial charge is 0.493 e. The molecule has 8 heteroatoms. The number of amides is 1. The van der Waals surface area contributed by atoms with Crippen LogP contribution in [-0.2, 0) is 0 Å². The predicted molar refractivity (Wildman–Crippen MR) is 104 cm³/mol. The summed E-state index contributed by atoms with van der Waals surface area (Å²) in [6.45, 7) is 0. The molecule has 0 bridgehead atoms. The van der Waals surface area contributed by atoms with E-state index in [2.05, 4.69) is 20.6 Å². The lowest BCUT2D eigenvalue weighted by Crippen LogP contribution is -2.14. The Kier molecular flexibility index (Phi) is 5.73. The number of methoxy groups -OCH3 is 2. The maximum absolute atomic E-state index is 12.4. The van der Waals surface area contributed by atoms with Gasteiger partial charge in [-0.3, -0.25) is 4.79 Å². The van der Waals surface area contributed by atoms with Crippen molar-refractivity contribution in [2.45, 2.75) is 0 Å². The summed E-state index contributed by atoms with van der Waals surface area (Å²) in [5.41, 5.74) is 1.54. The number of anilines is 3. The van der Waals surface area contributed by atoms with Crippen LogP contribution in [0.5, 0.6) is 11.5 Å². The lowest BCUT2D eigenvalue weighted by molar-refractivity contribution is 0.102. The van der Waals surface area contributed by atoms with Crippen LogP contribution in [0, 0.1) is 0 Å². The maximum Gasteiger partial charge on any atom is 0.274 e. The third-order valence-electron chi connectivity index (χ3n) is 3.63. The van der Waals surface area contributed by atoms with Gasteiger partial charge in [0.25, 0.3) is 5.91 Å². The molecule has 3 rings (SSSR count). The first-order chi connectivity index (χ1) is 13.1. The second kappa shape index (κ2) is 8.37. The lowest BCUT2D eigenvalue weighted by atomic mass is 10.2. The molecule has 0 saturated heterocycles. The van der Waals surface area contributed by atoms with Crippen LogP contribution in [0.15, 0.2) is 54.7 Å². The molecule has 27 heavy (non-hydrogen) atoms. The summed E-state index contributed by atoms with van der Waals surface area (Å²) in [5.74, 6) is 1.11. The summed E-state index contributed by atoms with van der Waals surface area (Å²) in [6, 6.07) is 13.7. The number of carbonyl (C=O) groups is 1. The van der Waals surface area contributed by atoms with Crippen molar-refractivity contribution in [3.05, 3.63) is 65.4 Å². The summed E-state index contributed by atoms with van der Waals surface area (Å²) in [5, 5.41) is 6.39. The third-order valence-corrected chi connectivity index (χ3v) is 3.88. The van der Waals surface area contributed by atoms with Crippen LogP contribution < -0.4 is 20.1 Å². The molecule has 3 aromatic rings. The van der Waals surface area contributed by atoms with Crippen LogP contribution in [0.1, 0.15) is 10.5 Å². The van der Waals surface area contributed by atoms with E-state index in [1.807, 2.05) is 0 Å². The number of nitrogens with one attached hydrogen (secondary N) is 2. The first-order valence-corrected chi connectivity index (χ1v) is 8.36. The molecule has 1 heterocycles. The molecular weight excluding hydrogens is 368 g/mol.